The van der Waals surface area contributed by atoms with E-state index in [9.17, 15) is 4.79 Å². The molecular formula is C14H16N2OS. The van der Waals surface area contributed by atoms with Crippen LogP contribution in [0.15, 0.2) is 46.8 Å². The number of nitrogens with one attached hydrogen (secondary N) is 1. The van der Waals surface area contributed by atoms with Crippen molar-refractivity contribution in [1.29, 1.82) is 0 Å². The third-order valence-corrected chi connectivity index (χ3v) is 4.19. The number of carbonyl (C=O) groups excluding carboxylic acids is 1. The van der Waals surface area contributed by atoms with Gasteiger partial charge in [-0.3, -0.25) is 9.79 Å². The van der Waals surface area contributed by atoms with Gasteiger partial charge in [0.2, 0.25) is 0 Å². The van der Waals surface area contributed by atoms with Crippen LogP contribution in [0.5, 0.6) is 0 Å². The topological polar surface area (TPSA) is 41.5 Å². The molecule has 1 aliphatic heterocycles. The van der Waals surface area contributed by atoms with Crippen molar-refractivity contribution < 1.29 is 4.79 Å². The van der Waals surface area contributed by atoms with E-state index < -0.39 is 0 Å². The SMILES string of the molecule is C=C1SC(NC(=O)c2ccccc2)=NC1(C)CC. The summed E-state index contributed by atoms with van der Waals surface area (Å²) in [6.45, 7) is 8.10. The van der Waals surface area contributed by atoms with Crippen LogP contribution in [0.1, 0.15) is 30.6 Å². The van der Waals surface area contributed by atoms with E-state index in [-0.39, 0.29) is 11.4 Å². The molecule has 1 aromatic carbocycles. The minimum Gasteiger partial charge on any atom is -0.301 e. The van der Waals surface area contributed by atoms with Crippen molar-refractivity contribution in [2.45, 2.75) is 25.8 Å². The predicted molar refractivity (Wildman–Crippen MR) is 76.8 cm³/mol. The Balaban J connectivity index is 2.10. The number of aliphatic imine (C=N–C) groups is 1. The second-order valence-corrected chi connectivity index (χ2v) is 5.47. The van der Waals surface area contributed by atoms with Crippen LogP contribution in [-0.4, -0.2) is 16.6 Å². The van der Waals surface area contributed by atoms with Gasteiger partial charge in [-0.2, -0.15) is 0 Å². The standard InChI is InChI=1S/C14H16N2OS/c1-4-14(3)10(2)18-13(16-14)15-12(17)11-8-6-5-7-9-11/h5-9H,2,4H2,1,3H3,(H,15,16,17). The van der Waals surface area contributed by atoms with E-state index in [1.54, 1.807) is 12.1 Å². The second kappa shape index (κ2) is 4.98. The van der Waals surface area contributed by atoms with E-state index in [1.807, 2.05) is 25.1 Å². The van der Waals surface area contributed by atoms with Gasteiger partial charge in [0, 0.05) is 10.5 Å². The summed E-state index contributed by atoms with van der Waals surface area (Å²) in [5.74, 6) is -0.130. The van der Waals surface area contributed by atoms with Gasteiger partial charge in [-0.25, -0.2) is 0 Å². The van der Waals surface area contributed by atoms with Crippen LogP contribution in [0.25, 0.3) is 0 Å². The Labute approximate surface area is 111 Å². The number of hydrogen-bond donors (Lipinski definition) is 1. The van der Waals surface area contributed by atoms with E-state index in [4.69, 9.17) is 0 Å². The summed E-state index contributed by atoms with van der Waals surface area (Å²) in [5.41, 5.74) is 0.376. The molecular weight excluding hydrogens is 244 g/mol. The van der Waals surface area contributed by atoms with Crippen LogP contribution >= 0.6 is 11.8 Å². The molecule has 0 saturated carbocycles. The summed E-state index contributed by atoms with van der Waals surface area (Å²) in [6.07, 6.45) is 0.879. The maximum Gasteiger partial charge on any atom is 0.257 e. The van der Waals surface area contributed by atoms with Crippen LogP contribution in [0, 0.1) is 0 Å². The van der Waals surface area contributed by atoms with Gasteiger partial charge in [0.25, 0.3) is 5.91 Å². The lowest BCUT2D eigenvalue weighted by Crippen LogP contribution is -2.27. The number of thioether (sulfide) groups is 1. The van der Waals surface area contributed by atoms with E-state index in [2.05, 4.69) is 23.8 Å². The molecule has 0 saturated heterocycles. The first kappa shape index (κ1) is 12.9. The van der Waals surface area contributed by atoms with Gasteiger partial charge in [-0.05, 0) is 25.5 Å². The maximum atomic E-state index is 12.0. The molecule has 1 unspecified atom stereocenters. The number of amides is 1. The molecule has 2 rings (SSSR count). The highest BCUT2D eigenvalue weighted by Crippen LogP contribution is 2.39. The Morgan fingerprint density at radius 2 is 2.11 bits per heavy atom. The number of amidine groups is 1. The molecule has 1 aliphatic rings. The minimum atomic E-state index is -0.260. The third-order valence-electron chi connectivity index (χ3n) is 3.11. The molecule has 0 aromatic heterocycles. The Morgan fingerprint density at radius 3 is 2.67 bits per heavy atom. The first-order valence-electron chi connectivity index (χ1n) is 5.88. The molecule has 0 fully saturated rings. The smallest absolute Gasteiger partial charge is 0.257 e. The average Bonchev–Trinajstić information content (AvgIpc) is 2.66. The largest absolute Gasteiger partial charge is 0.301 e. The normalized spacial score (nSPS) is 22.8. The molecule has 1 aromatic rings. The van der Waals surface area contributed by atoms with Crippen LogP contribution < -0.4 is 5.32 Å². The summed E-state index contributed by atoms with van der Waals surface area (Å²) in [4.78, 5) is 17.5. The number of hydrogen-bond acceptors (Lipinski definition) is 3. The summed E-state index contributed by atoms with van der Waals surface area (Å²) < 4.78 is 0. The quantitative estimate of drug-likeness (QED) is 0.887. The lowest BCUT2D eigenvalue weighted by molar-refractivity contribution is 0.0978. The van der Waals surface area contributed by atoms with Crippen LogP contribution in [0.2, 0.25) is 0 Å². The highest BCUT2D eigenvalue weighted by Gasteiger charge is 2.33. The molecule has 18 heavy (non-hydrogen) atoms. The first-order valence-corrected chi connectivity index (χ1v) is 6.70. The molecule has 0 radical (unpaired) electrons. The second-order valence-electron chi connectivity index (χ2n) is 4.39. The van der Waals surface area contributed by atoms with Crippen molar-refractivity contribution in [3.8, 4) is 0 Å². The fourth-order valence-electron chi connectivity index (χ4n) is 1.62. The van der Waals surface area contributed by atoms with Crippen LogP contribution in [0.3, 0.4) is 0 Å². The summed E-state index contributed by atoms with van der Waals surface area (Å²) in [6, 6.07) is 9.13. The van der Waals surface area contributed by atoms with Crippen molar-refractivity contribution in [3.63, 3.8) is 0 Å². The Hall–Kier alpha value is -1.55. The predicted octanol–water partition coefficient (Wildman–Crippen LogP) is 3.20. The van der Waals surface area contributed by atoms with E-state index in [1.165, 1.54) is 11.8 Å². The highest BCUT2D eigenvalue weighted by molar-refractivity contribution is 8.17. The highest BCUT2D eigenvalue weighted by atomic mass is 32.2. The molecule has 1 amide bonds. The Bertz CT molecular complexity index is 510. The molecule has 1 heterocycles. The average molecular weight is 260 g/mol. The van der Waals surface area contributed by atoms with Crippen molar-refractivity contribution in [2.24, 2.45) is 4.99 Å². The lowest BCUT2D eigenvalue weighted by Gasteiger charge is -2.17. The minimum absolute atomic E-state index is 0.130. The maximum absolute atomic E-state index is 12.0. The van der Waals surface area contributed by atoms with Crippen LogP contribution in [0.4, 0.5) is 0 Å². The zero-order valence-corrected chi connectivity index (χ0v) is 11.4. The monoisotopic (exact) mass is 260 g/mol. The number of rotatable bonds is 2. The van der Waals surface area contributed by atoms with Crippen molar-refractivity contribution in [1.82, 2.24) is 5.32 Å². The molecule has 0 bridgehead atoms. The van der Waals surface area contributed by atoms with Crippen LogP contribution in [-0.2, 0) is 0 Å². The Kier molecular flexibility index (Phi) is 3.57. The third kappa shape index (κ3) is 2.48. The van der Waals surface area contributed by atoms with Gasteiger partial charge < -0.3 is 5.32 Å². The van der Waals surface area contributed by atoms with Gasteiger partial charge in [0.05, 0.1) is 5.54 Å². The van der Waals surface area contributed by atoms with Crippen molar-refractivity contribution in [2.75, 3.05) is 0 Å². The molecule has 0 spiro atoms. The fraction of sp³-hybridized carbons (Fsp3) is 0.286. The van der Waals surface area contributed by atoms with Crippen molar-refractivity contribution >= 4 is 22.8 Å². The van der Waals surface area contributed by atoms with Gasteiger partial charge in [0.15, 0.2) is 5.17 Å². The zero-order valence-electron chi connectivity index (χ0n) is 10.6. The summed E-state index contributed by atoms with van der Waals surface area (Å²) in [5, 5.41) is 3.47. The summed E-state index contributed by atoms with van der Waals surface area (Å²) in [7, 11) is 0. The number of nitrogens with zero attached hydrogens (tertiary/aromatic N) is 1. The zero-order chi connectivity index (χ0) is 13.2. The fourth-order valence-corrected chi connectivity index (χ4v) is 2.66. The Morgan fingerprint density at radius 1 is 1.44 bits per heavy atom. The molecule has 0 aliphatic carbocycles. The molecule has 1 N–H and O–H groups in total. The van der Waals surface area contributed by atoms with Gasteiger partial charge >= 0.3 is 0 Å². The number of benzene rings is 1. The lowest BCUT2D eigenvalue weighted by atomic mass is 10.0. The molecule has 94 valence electrons. The van der Waals surface area contributed by atoms with E-state index >= 15 is 0 Å². The number of carbonyl (C=O) groups is 1. The molecule has 1 atom stereocenters. The molecule has 4 heteroatoms. The first-order chi connectivity index (χ1) is 8.55. The van der Waals surface area contributed by atoms with Gasteiger partial charge in [-0.1, -0.05) is 43.5 Å². The van der Waals surface area contributed by atoms with Gasteiger partial charge in [0.1, 0.15) is 0 Å². The van der Waals surface area contributed by atoms with E-state index in [0.29, 0.717) is 10.7 Å². The van der Waals surface area contributed by atoms with E-state index in [0.717, 1.165) is 11.3 Å². The molecule has 3 nitrogen and oxygen atoms in total. The van der Waals surface area contributed by atoms with Gasteiger partial charge in [-0.15, -0.1) is 0 Å². The summed E-state index contributed by atoms with van der Waals surface area (Å²) >= 11 is 1.44. The van der Waals surface area contributed by atoms with Crippen molar-refractivity contribution in [3.05, 3.63) is 47.4 Å².